The number of fused-ring (bicyclic) bond motifs is 1. The van der Waals surface area contributed by atoms with Crippen LogP contribution in [-0.4, -0.2) is 35.6 Å². The van der Waals surface area contributed by atoms with Gasteiger partial charge in [0.25, 0.3) is 5.91 Å². The Morgan fingerprint density at radius 3 is 2.59 bits per heavy atom. The predicted octanol–water partition coefficient (Wildman–Crippen LogP) is 3.73. The summed E-state index contributed by atoms with van der Waals surface area (Å²) in [5, 5.41) is 16.6. The molecule has 2 aromatic carbocycles. The maximum absolute atomic E-state index is 13.2. The Morgan fingerprint density at radius 2 is 1.88 bits per heavy atom. The molecule has 3 atom stereocenters. The summed E-state index contributed by atoms with van der Waals surface area (Å²) >= 11 is 0. The SMILES string of the molecule is COc1ccc(CC(C#N)NC(=O)C2CCCCC2NC(=O)c2cc3ccccc3n2C)cc1. The smallest absolute Gasteiger partial charge is 0.268 e. The van der Waals surface area contributed by atoms with Gasteiger partial charge in [-0.1, -0.05) is 43.2 Å². The average molecular weight is 459 g/mol. The number of aryl methyl sites for hydroxylation is 1. The third-order valence-electron chi connectivity index (χ3n) is 6.67. The first-order valence-electron chi connectivity index (χ1n) is 11.7. The van der Waals surface area contributed by atoms with Crippen LogP contribution in [0.25, 0.3) is 10.9 Å². The largest absolute Gasteiger partial charge is 0.497 e. The van der Waals surface area contributed by atoms with E-state index in [9.17, 15) is 14.9 Å². The molecular formula is C27H30N4O3. The monoisotopic (exact) mass is 458 g/mol. The number of benzene rings is 2. The maximum atomic E-state index is 13.2. The zero-order valence-corrected chi connectivity index (χ0v) is 19.6. The second-order valence-electron chi connectivity index (χ2n) is 8.86. The van der Waals surface area contributed by atoms with Crippen LogP contribution in [0, 0.1) is 17.2 Å². The number of nitriles is 1. The predicted molar refractivity (Wildman–Crippen MR) is 130 cm³/mol. The molecule has 1 aromatic heterocycles. The van der Waals surface area contributed by atoms with E-state index in [0.717, 1.165) is 41.5 Å². The van der Waals surface area contributed by atoms with Crippen molar-refractivity contribution in [2.24, 2.45) is 13.0 Å². The minimum absolute atomic E-state index is 0.179. The Balaban J connectivity index is 1.43. The van der Waals surface area contributed by atoms with E-state index >= 15 is 0 Å². The highest BCUT2D eigenvalue weighted by molar-refractivity contribution is 5.99. The molecule has 3 aromatic rings. The highest BCUT2D eigenvalue weighted by atomic mass is 16.5. The molecule has 0 radical (unpaired) electrons. The van der Waals surface area contributed by atoms with Gasteiger partial charge in [0.1, 0.15) is 17.5 Å². The van der Waals surface area contributed by atoms with E-state index in [0.29, 0.717) is 18.5 Å². The lowest BCUT2D eigenvalue weighted by Crippen LogP contribution is -2.50. The van der Waals surface area contributed by atoms with Gasteiger partial charge in [0.05, 0.1) is 19.1 Å². The Labute approximate surface area is 199 Å². The van der Waals surface area contributed by atoms with Crippen molar-refractivity contribution >= 4 is 22.7 Å². The van der Waals surface area contributed by atoms with E-state index in [1.165, 1.54) is 0 Å². The molecular weight excluding hydrogens is 428 g/mol. The molecule has 2 amide bonds. The fourth-order valence-corrected chi connectivity index (χ4v) is 4.77. The van der Waals surface area contributed by atoms with Gasteiger partial charge >= 0.3 is 0 Å². The molecule has 4 rings (SSSR count). The number of hydrogen-bond donors (Lipinski definition) is 2. The molecule has 1 aliphatic carbocycles. The number of ether oxygens (including phenoxy) is 1. The van der Waals surface area contributed by atoms with Crippen LogP contribution >= 0.6 is 0 Å². The van der Waals surface area contributed by atoms with Crippen molar-refractivity contribution in [3.05, 3.63) is 65.9 Å². The summed E-state index contributed by atoms with van der Waals surface area (Å²) in [7, 11) is 3.48. The van der Waals surface area contributed by atoms with Gasteiger partial charge in [-0.3, -0.25) is 9.59 Å². The number of nitrogens with zero attached hydrogens (tertiary/aromatic N) is 2. The minimum Gasteiger partial charge on any atom is -0.497 e. The van der Waals surface area contributed by atoms with E-state index in [1.54, 1.807) is 7.11 Å². The van der Waals surface area contributed by atoms with Gasteiger partial charge in [-0.2, -0.15) is 5.26 Å². The van der Waals surface area contributed by atoms with Gasteiger partial charge in [0.15, 0.2) is 0 Å². The maximum Gasteiger partial charge on any atom is 0.268 e. The van der Waals surface area contributed by atoms with Crippen LogP contribution in [0.4, 0.5) is 0 Å². The second-order valence-corrected chi connectivity index (χ2v) is 8.86. The van der Waals surface area contributed by atoms with Crippen LogP contribution in [-0.2, 0) is 18.3 Å². The summed E-state index contributed by atoms with van der Waals surface area (Å²) in [6.07, 6.45) is 3.72. The van der Waals surface area contributed by atoms with Gasteiger partial charge in [-0.05, 0) is 42.7 Å². The zero-order valence-electron chi connectivity index (χ0n) is 19.6. The number of carbonyl (C=O) groups is 2. The van der Waals surface area contributed by atoms with E-state index < -0.39 is 6.04 Å². The van der Waals surface area contributed by atoms with Crippen molar-refractivity contribution in [2.45, 2.75) is 44.2 Å². The van der Waals surface area contributed by atoms with Gasteiger partial charge < -0.3 is 19.9 Å². The molecule has 176 valence electrons. The van der Waals surface area contributed by atoms with Crippen LogP contribution in [0.2, 0.25) is 0 Å². The zero-order chi connectivity index (χ0) is 24.1. The average Bonchev–Trinajstić information content (AvgIpc) is 3.21. The standard InChI is InChI=1S/C27H30N4O3/c1-31-24-10-6-3-7-19(24)16-25(31)27(33)30-23-9-5-4-8-22(23)26(32)29-20(17-28)15-18-11-13-21(34-2)14-12-18/h3,6-7,10-14,16,20,22-23H,4-5,8-9,15H2,1-2H3,(H,29,32)(H,30,33). The van der Waals surface area contributed by atoms with Crippen molar-refractivity contribution in [1.29, 1.82) is 5.26 Å². The number of para-hydroxylation sites is 1. The topological polar surface area (TPSA) is 96.2 Å². The normalized spacial score (nSPS) is 18.6. The highest BCUT2D eigenvalue weighted by Gasteiger charge is 2.33. The van der Waals surface area contributed by atoms with E-state index in [-0.39, 0.29) is 23.8 Å². The molecule has 0 aliphatic heterocycles. The summed E-state index contributed by atoms with van der Waals surface area (Å²) in [4.78, 5) is 26.3. The minimum atomic E-state index is -0.641. The second kappa shape index (κ2) is 10.4. The fourth-order valence-electron chi connectivity index (χ4n) is 4.77. The Hall–Kier alpha value is -3.79. The molecule has 34 heavy (non-hydrogen) atoms. The van der Waals surface area contributed by atoms with Crippen LogP contribution in [0.5, 0.6) is 5.75 Å². The molecule has 1 aliphatic rings. The summed E-state index contributed by atoms with van der Waals surface area (Å²) in [6, 6.07) is 18.5. The lowest BCUT2D eigenvalue weighted by atomic mass is 9.83. The Bertz CT molecular complexity index is 1210. The Morgan fingerprint density at radius 1 is 1.15 bits per heavy atom. The number of nitrogens with one attached hydrogen (secondary N) is 2. The van der Waals surface area contributed by atoms with Crippen molar-refractivity contribution in [2.75, 3.05) is 7.11 Å². The number of rotatable bonds is 7. The summed E-state index contributed by atoms with van der Waals surface area (Å²) in [5.74, 6) is 0.0212. The number of hydrogen-bond acceptors (Lipinski definition) is 4. The summed E-state index contributed by atoms with van der Waals surface area (Å²) < 4.78 is 7.05. The van der Waals surface area contributed by atoms with E-state index in [4.69, 9.17) is 4.74 Å². The van der Waals surface area contributed by atoms with Crippen molar-refractivity contribution in [3.8, 4) is 11.8 Å². The van der Waals surface area contributed by atoms with Crippen molar-refractivity contribution in [3.63, 3.8) is 0 Å². The molecule has 7 heteroatoms. The lowest BCUT2D eigenvalue weighted by Gasteiger charge is -2.31. The van der Waals surface area contributed by atoms with Gasteiger partial charge in [-0.15, -0.1) is 0 Å². The fraction of sp³-hybridized carbons (Fsp3) is 0.370. The van der Waals surface area contributed by atoms with Crippen LogP contribution in [0.15, 0.2) is 54.6 Å². The summed E-state index contributed by atoms with van der Waals surface area (Å²) in [6.45, 7) is 0. The van der Waals surface area contributed by atoms with Crippen LogP contribution < -0.4 is 15.4 Å². The number of aromatic nitrogens is 1. The number of methoxy groups -OCH3 is 1. The van der Waals surface area contributed by atoms with E-state index in [1.807, 2.05) is 66.2 Å². The number of carbonyl (C=O) groups excluding carboxylic acids is 2. The van der Waals surface area contributed by atoms with Crippen molar-refractivity contribution < 1.29 is 14.3 Å². The lowest BCUT2D eigenvalue weighted by molar-refractivity contribution is -0.127. The van der Waals surface area contributed by atoms with Gasteiger partial charge in [-0.25, -0.2) is 0 Å². The van der Waals surface area contributed by atoms with Gasteiger partial charge in [0, 0.05) is 30.4 Å². The first-order chi connectivity index (χ1) is 16.5. The van der Waals surface area contributed by atoms with Crippen LogP contribution in [0.3, 0.4) is 0 Å². The molecule has 1 heterocycles. The molecule has 7 nitrogen and oxygen atoms in total. The molecule has 0 spiro atoms. The first-order valence-corrected chi connectivity index (χ1v) is 11.7. The molecule has 1 saturated carbocycles. The highest BCUT2D eigenvalue weighted by Crippen LogP contribution is 2.26. The first kappa shape index (κ1) is 23.4. The van der Waals surface area contributed by atoms with Crippen LogP contribution in [0.1, 0.15) is 41.7 Å². The molecule has 0 saturated heterocycles. The molecule has 2 N–H and O–H groups in total. The quantitative estimate of drug-likeness (QED) is 0.564. The molecule has 0 bridgehead atoms. The molecule has 3 unspecified atom stereocenters. The Kier molecular flexibility index (Phi) is 7.17. The third kappa shape index (κ3) is 5.07. The molecule has 1 fully saturated rings. The number of amides is 2. The summed E-state index contributed by atoms with van der Waals surface area (Å²) in [5.41, 5.74) is 2.50. The van der Waals surface area contributed by atoms with Crippen molar-refractivity contribution in [1.82, 2.24) is 15.2 Å². The van der Waals surface area contributed by atoms with E-state index in [2.05, 4.69) is 16.7 Å². The third-order valence-corrected chi connectivity index (χ3v) is 6.67. The van der Waals surface area contributed by atoms with Gasteiger partial charge in [0.2, 0.25) is 5.91 Å².